The number of benzene rings is 2. The normalized spacial score (nSPS) is 21.5. The van der Waals surface area contributed by atoms with E-state index in [1.807, 2.05) is 28.0 Å². The minimum Gasteiger partial charge on any atom is -0.462 e. The van der Waals surface area contributed by atoms with Crippen molar-refractivity contribution in [3.8, 4) is 6.01 Å². The fourth-order valence-electron chi connectivity index (χ4n) is 7.02. The first kappa shape index (κ1) is 30.2. The number of ether oxygens (including phenoxy) is 1. The number of aromatic nitrogens is 2. The maximum absolute atomic E-state index is 13.1. The average molecular weight is 634 g/mol. The molecule has 0 saturated carbocycles. The first-order valence-electron chi connectivity index (χ1n) is 16.1. The van der Waals surface area contributed by atoms with E-state index in [-0.39, 0.29) is 5.91 Å². The van der Waals surface area contributed by atoms with Crippen LogP contribution in [0.1, 0.15) is 24.1 Å². The fraction of sp³-hybridized carbons (Fsp3) is 0.500. The van der Waals surface area contributed by atoms with Crippen molar-refractivity contribution in [2.24, 2.45) is 0 Å². The van der Waals surface area contributed by atoms with E-state index < -0.39 is 6.17 Å². The quantitative estimate of drug-likeness (QED) is 0.343. The van der Waals surface area contributed by atoms with Gasteiger partial charge in [0.15, 0.2) is 0 Å². The van der Waals surface area contributed by atoms with Gasteiger partial charge in [-0.25, -0.2) is 4.39 Å². The number of rotatable bonds is 8. The third kappa shape index (κ3) is 6.46. The van der Waals surface area contributed by atoms with Crippen LogP contribution < -0.4 is 14.5 Å². The molecule has 1 amide bonds. The van der Waals surface area contributed by atoms with Crippen molar-refractivity contribution in [2.45, 2.75) is 38.0 Å². The number of fused-ring (bicyclic) bond motifs is 2. The molecule has 0 aliphatic carbocycles. The zero-order valence-corrected chi connectivity index (χ0v) is 26.6. The Morgan fingerprint density at radius 1 is 1.04 bits per heavy atom. The van der Waals surface area contributed by atoms with Crippen molar-refractivity contribution in [3.05, 3.63) is 64.8 Å². The number of carbonyl (C=O) groups excluding carboxylic acids is 1. The number of halogens is 2. The maximum Gasteiger partial charge on any atom is 0.318 e. The number of hydrogen-bond acceptors (Lipinski definition) is 8. The molecule has 238 valence electrons. The lowest BCUT2D eigenvalue weighted by Gasteiger charge is -2.38. The number of likely N-dealkylation sites (tertiary alicyclic amines) is 2. The van der Waals surface area contributed by atoms with Gasteiger partial charge in [0.1, 0.15) is 18.6 Å². The molecule has 3 saturated heterocycles. The lowest BCUT2D eigenvalue weighted by molar-refractivity contribution is -0.126. The highest BCUT2D eigenvalue weighted by atomic mass is 35.5. The van der Waals surface area contributed by atoms with E-state index in [4.69, 9.17) is 26.3 Å². The number of likely N-dealkylation sites (N-methyl/N-ethyl adjacent to an activating group) is 1. The first-order valence-corrected chi connectivity index (χ1v) is 16.5. The summed E-state index contributed by atoms with van der Waals surface area (Å²) in [5.74, 6) is 0.928. The molecule has 4 aliphatic heterocycles. The SMILES string of the molecule is CN1CCC[C@H]1COc1nc2c(c(N3CCN(C(=O)/C=C/CN4CC(F)C4)CC3)n1)CCN(c1cccc3cccc(Cl)c13)C2. The van der Waals surface area contributed by atoms with E-state index in [2.05, 4.69) is 46.0 Å². The summed E-state index contributed by atoms with van der Waals surface area (Å²) < 4.78 is 19.4. The van der Waals surface area contributed by atoms with Crippen molar-refractivity contribution in [1.29, 1.82) is 0 Å². The lowest BCUT2D eigenvalue weighted by atomic mass is 10.0. The average Bonchev–Trinajstić information content (AvgIpc) is 3.46. The molecule has 0 spiro atoms. The Balaban J connectivity index is 1.10. The van der Waals surface area contributed by atoms with Crippen molar-refractivity contribution in [1.82, 2.24) is 24.7 Å². The topological polar surface area (TPSA) is 68.3 Å². The van der Waals surface area contributed by atoms with Gasteiger partial charge in [0.2, 0.25) is 5.91 Å². The molecule has 3 fully saturated rings. The van der Waals surface area contributed by atoms with Crippen LogP contribution in [0.15, 0.2) is 48.6 Å². The zero-order chi connectivity index (χ0) is 30.9. The third-order valence-electron chi connectivity index (χ3n) is 9.70. The van der Waals surface area contributed by atoms with E-state index in [1.54, 1.807) is 6.08 Å². The molecule has 11 heteroatoms. The second-order valence-electron chi connectivity index (χ2n) is 12.7. The van der Waals surface area contributed by atoms with Gasteiger partial charge in [0.25, 0.3) is 0 Å². The van der Waals surface area contributed by atoms with E-state index in [0.29, 0.717) is 71.0 Å². The molecule has 7 rings (SSSR count). The number of alkyl halides is 1. The minimum atomic E-state index is -0.732. The van der Waals surface area contributed by atoms with Gasteiger partial charge in [0.05, 0.1) is 17.3 Å². The Morgan fingerprint density at radius 3 is 2.60 bits per heavy atom. The van der Waals surface area contributed by atoms with E-state index in [0.717, 1.165) is 64.5 Å². The number of amides is 1. The summed E-state index contributed by atoms with van der Waals surface area (Å²) in [6.45, 7) is 7.23. The van der Waals surface area contributed by atoms with Crippen LogP contribution in [0, 0.1) is 0 Å². The lowest BCUT2D eigenvalue weighted by Crippen LogP contribution is -2.49. The van der Waals surface area contributed by atoms with Crippen LogP contribution in [0.2, 0.25) is 5.02 Å². The molecule has 0 unspecified atom stereocenters. The maximum atomic E-state index is 13.1. The van der Waals surface area contributed by atoms with Gasteiger partial charge < -0.3 is 24.3 Å². The van der Waals surface area contributed by atoms with E-state index in [9.17, 15) is 9.18 Å². The van der Waals surface area contributed by atoms with Crippen LogP contribution in [0.3, 0.4) is 0 Å². The molecule has 45 heavy (non-hydrogen) atoms. The standard InChI is InChI=1S/C34H41ClFN7O2/c1-39-13-4-8-26(39)23-45-34-37-29-22-43(30-10-3-7-24-6-2-9-28(35)32(24)30)15-12-27(29)33(38-34)42-18-16-41(17-19-42)31(44)11-5-14-40-20-25(36)21-40/h2-3,5-7,9-11,25-26H,4,8,12-23H2,1H3/b11-5+/t26-/m0/s1. The summed E-state index contributed by atoms with van der Waals surface area (Å²) in [4.78, 5) is 33.7. The molecule has 1 atom stereocenters. The Hall–Kier alpha value is -3.47. The van der Waals surface area contributed by atoms with E-state index >= 15 is 0 Å². The largest absolute Gasteiger partial charge is 0.462 e. The molecule has 9 nitrogen and oxygen atoms in total. The monoisotopic (exact) mass is 633 g/mol. The van der Waals surface area contributed by atoms with Gasteiger partial charge in [-0.3, -0.25) is 9.69 Å². The molecule has 3 aromatic rings. The van der Waals surface area contributed by atoms with Crippen LogP contribution in [0.4, 0.5) is 15.9 Å². The van der Waals surface area contributed by atoms with Crippen molar-refractivity contribution < 1.29 is 13.9 Å². The number of anilines is 2. The molecule has 0 N–H and O–H groups in total. The molecular weight excluding hydrogens is 593 g/mol. The molecule has 0 radical (unpaired) electrons. The molecule has 4 aliphatic rings. The Kier molecular flexibility index (Phi) is 8.79. The van der Waals surface area contributed by atoms with Gasteiger partial charge >= 0.3 is 6.01 Å². The second kappa shape index (κ2) is 13.1. The Morgan fingerprint density at radius 2 is 1.84 bits per heavy atom. The summed E-state index contributed by atoms with van der Waals surface area (Å²) in [5, 5.41) is 2.93. The Bertz CT molecular complexity index is 1570. The highest BCUT2D eigenvalue weighted by Gasteiger charge is 2.30. The summed E-state index contributed by atoms with van der Waals surface area (Å²) >= 11 is 6.71. The number of carbonyl (C=O) groups is 1. The summed E-state index contributed by atoms with van der Waals surface area (Å²) in [6, 6.07) is 13.1. The van der Waals surface area contributed by atoms with Gasteiger partial charge in [0, 0.05) is 81.1 Å². The summed E-state index contributed by atoms with van der Waals surface area (Å²) in [7, 11) is 2.15. The number of piperazine rings is 1. The van der Waals surface area contributed by atoms with Gasteiger partial charge in [-0.2, -0.15) is 9.97 Å². The molecule has 2 aromatic carbocycles. The van der Waals surface area contributed by atoms with Crippen LogP contribution in [0.25, 0.3) is 10.8 Å². The predicted octanol–water partition coefficient (Wildman–Crippen LogP) is 4.18. The highest BCUT2D eigenvalue weighted by Crippen LogP contribution is 2.37. The fourth-order valence-corrected chi connectivity index (χ4v) is 7.30. The smallest absolute Gasteiger partial charge is 0.318 e. The van der Waals surface area contributed by atoms with Crippen LogP contribution >= 0.6 is 11.6 Å². The molecule has 5 heterocycles. The van der Waals surface area contributed by atoms with Crippen molar-refractivity contribution in [2.75, 3.05) is 82.4 Å². The second-order valence-corrected chi connectivity index (χ2v) is 13.1. The third-order valence-corrected chi connectivity index (χ3v) is 10.0. The van der Waals surface area contributed by atoms with Gasteiger partial charge in [-0.05, 0) is 50.4 Å². The summed E-state index contributed by atoms with van der Waals surface area (Å²) in [6.07, 6.45) is 5.84. The minimum absolute atomic E-state index is 0.00536. The molecule has 1 aromatic heterocycles. The van der Waals surface area contributed by atoms with Crippen LogP contribution in [-0.2, 0) is 17.8 Å². The number of hydrogen-bond donors (Lipinski definition) is 0. The van der Waals surface area contributed by atoms with Crippen LogP contribution in [-0.4, -0.2) is 115 Å². The zero-order valence-electron chi connectivity index (χ0n) is 25.9. The molecule has 0 bridgehead atoms. The van der Waals surface area contributed by atoms with Gasteiger partial charge in [-0.15, -0.1) is 0 Å². The van der Waals surface area contributed by atoms with E-state index in [1.165, 1.54) is 6.42 Å². The molecular formula is C34H41ClFN7O2. The Labute approximate surface area is 269 Å². The van der Waals surface area contributed by atoms with Gasteiger partial charge in [-0.1, -0.05) is 41.9 Å². The number of nitrogens with zero attached hydrogens (tertiary/aromatic N) is 7. The highest BCUT2D eigenvalue weighted by molar-refractivity contribution is 6.36. The first-order chi connectivity index (χ1) is 21.9. The predicted molar refractivity (Wildman–Crippen MR) is 176 cm³/mol. The van der Waals surface area contributed by atoms with Crippen LogP contribution in [0.5, 0.6) is 6.01 Å². The summed E-state index contributed by atoms with van der Waals surface area (Å²) in [5.41, 5.74) is 3.24. The van der Waals surface area contributed by atoms with Crippen molar-refractivity contribution in [3.63, 3.8) is 0 Å². The van der Waals surface area contributed by atoms with Crippen molar-refractivity contribution >= 4 is 39.8 Å².